The molecule has 0 radical (unpaired) electrons. The maximum atomic E-state index is 11.4. The molecule has 0 atom stereocenters. The van der Waals surface area contributed by atoms with E-state index in [1.54, 1.807) is 12.1 Å². The summed E-state index contributed by atoms with van der Waals surface area (Å²) in [6, 6.07) is 7.31. The molecule has 1 saturated heterocycles. The number of ether oxygens (including phenoxy) is 1. The SMILES string of the molecule is CCCCC1(C#Cc2ccc(C(=O)OC)cc2)SCCS1. The van der Waals surface area contributed by atoms with Crippen molar-refractivity contribution in [3.05, 3.63) is 35.4 Å². The number of hydrogen-bond acceptors (Lipinski definition) is 4. The quantitative estimate of drug-likeness (QED) is 0.614. The lowest BCUT2D eigenvalue weighted by molar-refractivity contribution is 0.0601. The molecule has 112 valence electrons. The minimum atomic E-state index is -0.309. The van der Waals surface area contributed by atoms with Gasteiger partial charge in [-0.15, -0.1) is 23.5 Å². The Kier molecular flexibility index (Phi) is 6.08. The number of thioether (sulfide) groups is 2. The molecular weight excluding hydrogens is 300 g/mol. The number of esters is 1. The van der Waals surface area contributed by atoms with Crippen molar-refractivity contribution in [3.8, 4) is 11.8 Å². The largest absolute Gasteiger partial charge is 0.465 e. The second-order valence-corrected chi connectivity index (χ2v) is 7.92. The minimum Gasteiger partial charge on any atom is -0.465 e. The Morgan fingerprint density at radius 1 is 1.29 bits per heavy atom. The van der Waals surface area contributed by atoms with E-state index in [0.717, 1.165) is 12.0 Å². The van der Waals surface area contributed by atoms with Crippen LogP contribution in [0, 0.1) is 11.8 Å². The van der Waals surface area contributed by atoms with Crippen molar-refractivity contribution in [2.24, 2.45) is 0 Å². The van der Waals surface area contributed by atoms with Crippen LogP contribution in [0.1, 0.15) is 42.1 Å². The first kappa shape index (κ1) is 16.3. The summed E-state index contributed by atoms with van der Waals surface area (Å²) in [6.07, 6.45) is 3.57. The van der Waals surface area contributed by atoms with E-state index in [-0.39, 0.29) is 10.0 Å². The van der Waals surface area contributed by atoms with Crippen molar-refractivity contribution in [2.75, 3.05) is 18.6 Å². The first-order valence-corrected chi connectivity index (χ1v) is 9.16. The molecule has 1 aliphatic heterocycles. The summed E-state index contributed by atoms with van der Waals surface area (Å²) < 4.78 is 4.76. The van der Waals surface area contributed by atoms with E-state index >= 15 is 0 Å². The Bertz CT molecular complexity index is 534. The Morgan fingerprint density at radius 2 is 1.95 bits per heavy atom. The molecule has 0 saturated carbocycles. The molecular formula is C17H20O2S2. The van der Waals surface area contributed by atoms with E-state index in [9.17, 15) is 4.79 Å². The van der Waals surface area contributed by atoms with E-state index in [2.05, 4.69) is 18.8 Å². The van der Waals surface area contributed by atoms with Gasteiger partial charge >= 0.3 is 5.97 Å². The van der Waals surface area contributed by atoms with E-state index in [1.807, 2.05) is 35.7 Å². The Labute approximate surface area is 135 Å². The van der Waals surface area contributed by atoms with Crippen LogP contribution in [0.3, 0.4) is 0 Å². The van der Waals surface area contributed by atoms with E-state index in [1.165, 1.54) is 31.5 Å². The predicted molar refractivity (Wildman–Crippen MR) is 91.8 cm³/mol. The van der Waals surface area contributed by atoms with Gasteiger partial charge in [0.15, 0.2) is 0 Å². The van der Waals surface area contributed by atoms with Crippen LogP contribution in [-0.4, -0.2) is 28.7 Å². The topological polar surface area (TPSA) is 26.3 Å². The minimum absolute atomic E-state index is 0.0665. The lowest BCUT2D eigenvalue weighted by Crippen LogP contribution is -2.13. The van der Waals surface area contributed by atoms with Crippen LogP contribution in [0.15, 0.2) is 24.3 Å². The maximum absolute atomic E-state index is 11.4. The van der Waals surface area contributed by atoms with Gasteiger partial charge in [-0.3, -0.25) is 0 Å². The monoisotopic (exact) mass is 320 g/mol. The van der Waals surface area contributed by atoms with Crippen LogP contribution in [0.4, 0.5) is 0 Å². The molecule has 1 aromatic carbocycles. The van der Waals surface area contributed by atoms with Crippen LogP contribution >= 0.6 is 23.5 Å². The van der Waals surface area contributed by atoms with Crippen molar-refractivity contribution in [3.63, 3.8) is 0 Å². The highest BCUT2D eigenvalue weighted by atomic mass is 32.2. The van der Waals surface area contributed by atoms with Gasteiger partial charge in [-0.1, -0.05) is 31.6 Å². The number of benzene rings is 1. The van der Waals surface area contributed by atoms with Gasteiger partial charge in [0, 0.05) is 17.1 Å². The molecule has 0 amide bonds. The van der Waals surface area contributed by atoms with Crippen LogP contribution < -0.4 is 0 Å². The van der Waals surface area contributed by atoms with E-state index in [4.69, 9.17) is 4.74 Å². The van der Waals surface area contributed by atoms with Crippen LogP contribution in [0.25, 0.3) is 0 Å². The van der Waals surface area contributed by atoms with Crippen molar-refractivity contribution >= 4 is 29.5 Å². The molecule has 0 aliphatic carbocycles. The molecule has 0 spiro atoms. The average molecular weight is 320 g/mol. The number of methoxy groups -OCH3 is 1. The predicted octanol–water partition coefficient (Wildman–Crippen LogP) is 4.19. The second kappa shape index (κ2) is 7.82. The summed E-state index contributed by atoms with van der Waals surface area (Å²) >= 11 is 3.95. The zero-order valence-electron chi connectivity index (χ0n) is 12.5. The van der Waals surface area contributed by atoms with Gasteiger partial charge in [0.05, 0.1) is 12.7 Å². The highest BCUT2D eigenvalue weighted by molar-refractivity contribution is 8.21. The lowest BCUT2D eigenvalue weighted by atomic mass is 10.1. The molecule has 0 N–H and O–H groups in total. The zero-order valence-corrected chi connectivity index (χ0v) is 14.1. The molecule has 0 aromatic heterocycles. The van der Waals surface area contributed by atoms with Gasteiger partial charge in [-0.25, -0.2) is 4.79 Å². The summed E-state index contributed by atoms with van der Waals surface area (Å²) in [5.74, 6) is 8.81. The molecule has 1 aliphatic rings. The third kappa shape index (κ3) is 4.46. The molecule has 2 rings (SSSR count). The molecule has 21 heavy (non-hydrogen) atoms. The highest BCUT2D eigenvalue weighted by Crippen LogP contribution is 2.46. The van der Waals surface area contributed by atoms with E-state index < -0.39 is 0 Å². The van der Waals surface area contributed by atoms with Crippen LogP contribution in [0.2, 0.25) is 0 Å². The molecule has 1 heterocycles. The number of rotatable bonds is 4. The van der Waals surface area contributed by atoms with Crippen molar-refractivity contribution in [1.29, 1.82) is 0 Å². The fraction of sp³-hybridized carbons (Fsp3) is 0.471. The summed E-state index contributed by atoms with van der Waals surface area (Å²) in [7, 11) is 1.39. The second-order valence-electron chi connectivity index (χ2n) is 4.87. The maximum Gasteiger partial charge on any atom is 0.337 e. The zero-order chi connectivity index (χ0) is 15.1. The van der Waals surface area contributed by atoms with Crippen molar-refractivity contribution in [1.82, 2.24) is 0 Å². The van der Waals surface area contributed by atoms with Crippen LogP contribution in [-0.2, 0) is 4.74 Å². The third-order valence-corrected chi connectivity index (χ3v) is 6.64. The fourth-order valence-electron chi connectivity index (χ4n) is 2.12. The summed E-state index contributed by atoms with van der Waals surface area (Å²) in [6.45, 7) is 2.22. The molecule has 1 aromatic rings. The summed E-state index contributed by atoms with van der Waals surface area (Å²) in [5.41, 5.74) is 1.51. The van der Waals surface area contributed by atoms with Gasteiger partial charge in [0.2, 0.25) is 0 Å². The third-order valence-electron chi connectivity index (χ3n) is 3.32. The Hall–Kier alpha value is -1.05. The first-order valence-electron chi connectivity index (χ1n) is 7.18. The smallest absolute Gasteiger partial charge is 0.337 e. The molecule has 0 bridgehead atoms. The fourth-order valence-corrected chi connectivity index (χ4v) is 5.10. The number of unbranched alkanes of at least 4 members (excludes halogenated alkanes) is 1. The Balaban J connectivity index is 2.11. The van der Waals surface area contributed by atoms with Gasteiger partial charge < -0.3 is 4.74 Å². The van der Waals surface area contributed by atoms with Gasteiger partial charge in [-0.05, 0) is 30.7 Å². The highest BCUT2D eigenvalue weighted by Gasteiger charge is 2.32. The van der Waals surface area contributed by atoms with E-state index in [0.29, 0.717) is 5.56 Å². The van der Waals surface area contributed by atoms with Gasteiger partial charge in [0.25, 0.3) is 0 Å². The lowest BCUT2D eigenvalue weighted by Gasteiger charge is -2.20. The summed E-state index contributed by atoms with van der Waals surface area (Å²) in [5, 5.41) is 0. The molecule has 0 unspecified atom stereocenters. The van der Waals surface area contributed by atoms with Gasteiger partial charge in [0.1, 0.15) is 4.08 Å². The van der Waals surface area contributed by atoms with Gasteiger partial charge in [-0.2, -0.15) is 0 Å². The number of carbonyl (C=O) groups excluding carboxylic acids is 1. The molecule has 2 nitrogen and oxygen atoms in total. The standard InChI is InChI=1S/C17H20O2S2/c1-3-4-10-17(20-12-13-21-17)11-9-14-5-7-15(8-6-14)16(18)19-2/h5-8H,3-4,10,12-13H2,1-2H3. The molecule has 1 fully saturated rings. The van der Waals surface area contributed by atoms with Crippen molar-refractivity contribution in [2.45, 2.75) is 30.3 Å². The first-order chi connectivity index (χ1) is 10.2. The number of carbonyl (C=O) groups is 1. The van der Waals surface area contributed by atoms with Crippen LogP contribution in [0.5, 0.6) is 0 Å². The molecule has 4 heteroatoms. The normalized spacial score (nSPS) is 16.1. The number of hydrogen-bond donors (Lipinski definition) is 0. The Morgan fingerprint density at radius 3 is 2.52 bits per heavy atom. The van der Waals surface area contributed by atoms with Crippen molar-refractivity contribution < 1.29 is 9.53 Å². The average Bonchev–Trinajstić information content (AvgIpc) is 3.00. The summed E-state index contributed by atoms with van der Waals surface area (Å²) in [4.78, 5) is 11.4.